The predicted molar refractivity (Wildman–Crippen MR) is 60.8 cm³/mol. The third-order valence-corrected chi connectivity index (χ3v) is 4.72. The Hall–Kier alpha value is -0.0200. The number of nitrogens with zero attached hydrogens (tertiary/aromatic N) is 1. The van der Waals surface area contributed by atoms with Crippen LogP contribution in [0, 0.1) is 0 Å². The Morgan fingerprint density at radius 1 is 1.21 bits per heavy atom. The Morgan fingerprint density at radius 2 is 1.93 bits per heavy atom. The largest absolute Gasteiger partial charge is 0.300 e. The van der Waals surface area contributed by atoms with Crippen molar-refractivity contribution >= 4 is 17.5 Å². The summed E-state index contributed by atoms with van der Waals surface area (Å²) in [6.07, 6.45) is 5.16. The smallest absolute Gasteiger partial charge is 0.133 e. The minimum Gasteiger partial charge on any atom is -0.300 e. The molecule has 0 spiro atoms. The van der Waals surface area contributed by atoms with Crippen molar-refractivity contribution in [3.05, 3.63) is 0 Å². The van der Waals surface area contributed by atoms with Gasteiger partial charge in [0.2, 0.25) is 0 Å². The van der Waals surface area contributed by atoms with E-state index < -0.39 is 0 Å². The van der Waals surface area contributed by atoms with Crippen LogP contribution in [0.2, 0.25) is 0 Å². The number of rotatable bonds is 2. The van der Waals surface area contributed by atoms with E-state index in [4.69, 9.17) is 0 Å². The van der Waals surface area contributed by atoms with E-state index in [0.717, 1.165) is 31.7 Å². The van der Waals surface area contributed by atoms with Gasteiger partial charge in [-0.25, -0.2) is 0 Å². The molecule has 2 fully saturated rings. The van der Waals surface area contributed by atoms with Crippen LogP contribution < -0.4 is 0 Å². The Morgan fingerprint density at radius 3 is 2.50 bits per heavy atom. The van der Waals surface area contributed by atoms with Gasteiger partial charge in [-0.1, -0.05) is 0 Å². The Bertz CT molecular complexity index is 203. The fraction of sp³-hybridized carbons (Fsp3) is 0.909. The molecule has 2 rings (SSSR count). The van der Waals surface area contributed by atoms with Gasteiger partial charge in [-0.15, -0.1) is 0 Å². The van der Waals surface area contributed by atoms with Crippen molar-refractivity contribution in [2.45, 2.75) is 44.2 Å². The molecule has 0 bridgehead atoms. The molecule has 3 heteroatoms. The second-order valence-electron chi connectivity index (χ2n) is 4.45. The molecule has 0 radical (unpaired) electrons. The molecule has 1 aliphatic heterocycles. The first-order valence-electron chi connectivity index (χ1n) is 5.59. The molecule has 2 aliphatic rings. The molecule has 0 aromatic rings. The topological polar surface area (TPSA) is 20.3 Å². The summed E-state index contributed by atoms with van der Waals surface area (Å²) < 4.78 is 0. The number of hydrogen-bond acceptors (Lipinski definition) is 3. The monoisotopic (exact) mass is 213 g/mol. The third-order valence-electron chi connectivity index (χ3n) is 3.57. The lowest BCUT2D eigenvalue weighted by atomic mass is 9.92. The highest BCUT2D eigenvalue weighted by Crippen LogP contribution is 2.27. The van der Waals surface area contributed by atoms with Crippen LogP contribution in [0.1, 0.15) is 32.1 Å². The fourth-order valence-electron chi connectivity index (χ4n) is 2.47. The normalized spacial score (nSPS) is 30.1. The molecule has 1 aliphatic carbocycles. The average Bonchev–Trinajstić information content (AvgIpc) is 2.71. The first-order chi connectivity index (χ1) is 6.77. The first-order valence-corrected chi connectivity index (χ1v) is 6.74. The molecule has 0 N–H and O–H groups in total. The van der Waals surface area contributed by atoms with Gasteiger partial charge in [0, 0.05) is 30.7 Å². The van der Waals surface area contributed by atoms with Crippen LogP contribution in [0.25, 0.3) is 0 Å². The van der Waals surface area contributed by atoms with E-state index in [0.29, 0.717) is 11.8 Å². The Kier molecular flexibility index (Phi) is 3.50. The lowest BCUT2D eigenvalue weighted by molar-refractivity contribution is -0.121. The van der Waals surface area contributed by atoms with Crippen molar-refractivity contribution in [2.75, 3.05) is 18.6 Å². The number of carbonyl (C=O) groups excluding carboxylic acids is 1. The third kappa shape index (κ3) is 2.31. The first kappa shape index (κ1) is 10.5. The maximum absolute atomic E-state index is 11.1. The summed E-state index contributed by atoms with van der Waals surface area (Å²) in [6.45, 7) is 0. The maximum atomic E-state index is 11.1. The van der Waals surface area contributed by atoms with E-state index in [1.165, 1.54) is 17.9 Å². The standard InChI is InChI=1S/C11H19NOS/c1-12(10-6-7-14-8-10)9-2-4-11(13)5-3-9/h9-10H,2-8H2,1H3. The summed E-state index contributed by atoms with van der Waals surface area (Å²) in [4.78, 5) is 13.7. The zero-order valence-corrected chi connectivity index (χ0v) is 9.68. The zero-order valence-electron chi connectivity index (χ0n) is 8.87. The van der Waals surface area contributed by atoms with Crippen molar-refractivity contribution in [2.24, 2.45) is 0 Å². The van der Waals surface area contributed by atoms with Crippen LogP contribution in [-0.4, -0.2) is 41.3 Å². The molecule has 0 aromatic carbocycles. The number of hydrogen-bond donors (Lipinski definition) is 0. The molecule has 14 heavy (non-hydrogen) atoms. The van der Waals surface area contributed by atoms with E-state index in [2.05, 4.69) is 23.7 Å². The second-order valence-corrected chi connectivity index (χ2v) is 5.60. The minimum absolute atomic E-state index is 0.468. The van der Waals surface area contributed by atoms with Crippen LogP contribution >= 0.6 is 11.8 Å². The molecular weight excluding hydrogens is 194 g/mol. The Labute approximate surface area is 90.4 Å². The highest BCUT2D eigenvalue weighted by molar-refractivity contribution is 7.99. The molecule has 2 nitrogen and oxygen atoms in total. The van der Waals surface area contributed by atoms with Crippen LogP contribution in [0.3, 0.4) is 0 Å². The molecule has 1 saturated heterocycles. The van der Waals surface area contributed by atoms with Gasteiger partial charge < -0.3 is 0 Å². The molecule has 1 saturated carbocycles. The van der Waals surface area contributed by atoms with Crippen LogP contribution in [0.4, 0.5) is 0 Å². The highest BCUT2D eigenvalue weighted by Gasteiger charge is 2.28. The molecular formula is C11H19NOS. The quantitative estimate of drug-likeness (QED) is 0.699. The van der Waals surface area contributed by atoms with Gasteiger partial charge in [0.25, 0.3) is 0 Å². The summed E-state index contributed by atoms with van der Waals surface area (Å²) in [5.41, 5.74) is 0. The Balaban J connectivity index is 1.84. The second kappa shape index (κ2) is 4.67. The van der Waals surface area contributed by atoms with Crippen molar-refractivity contribution in [1.29, 1.82) is 0 Å². The average molecular weight is 213 g/mol. The van der Waals surface area contributed by atoms with E-state index in [1.54, 1.807) is 0 Å². The van der Waals surface area contributed by atoms with Gasteiger partial charge in [-0.2, -0.15) is 11.8 Å². The van der Waals surface area contributed by atoms with E-state index in [9.17, 15) is 4.79 Å². The van der Waals surface area contributed by atoms with Crippen LogP contribution in [0.5, 0.6) is 0 Å². The van der Waals surface area contributed by atoms with E-state index in [1.807, 2.05) is 0 Å². The highest BCUT2D eigenvalue weighted by atomic mass is 32.2. The molecule has 1 atom stereocenters. The number of carbonyl (C=O) groups is 1. The van der Waals surface area contributed by atoms with Crippen molar-refractivity contribution in [1.82, 2.24) is 4.90 Å². The van der Waals surface area contributed by atoms with Gasteiger partial charge in [0.1, 0.15) is 5.78 Å². The van der Waals surface area contributed by atoms with Crippen LogP contribution in [0.15, 0.2) is 0 Å². The molecule has 0 aromatic heterocycles. The van der Waals surface area contributed by atoms with Gasteiger partial charge in [0.15, 0.2) is 0 Å². The summed E-state index contributed by atoms with van der Waals surface area (Å²) in [5, 5.41) is 0. The van der Waals surface area contributed by atoms with Crippen molar-refractivity contribution < 1.29 is 4.79 Å². The van der Waals surface area contributed by atoms with E-state index in [-0.39, 0.29) is 0 Å². The number of Topliss-reactive ketones (excluding diaryl/α,β-unsaturated/α-hetero) is 1. The lowest BCUT2D eigenvalue weighted by Gasteiger charge is -2.34. The molecule has 0 amide bonds. The SMILES string of the molecule is CN(C1CCC(=O)CC1)C1CCSC1. The summed E-state index contributed by atoms with van der Waals surface area (Å²) >= 11 is 2.07. The van der Waals surface area contributed by atoms with Gasteiger partial charge in [-0.05, 0) is 32.1 Å². The molecule has 1 heterocycles. The number of thioether (sulfide) groups is 1. The van der Waals surface area contributed by atoms with Gasteiger partial charge in [0.05, 0.1) is 0 Å². The van der Waals surface area contributed by atoms with Crippen molar-refractivity contribution in [3.8, 4) is 0 Å². The predicted octanol–water partition coefficient (Wildman–Crippen LogP) is 1.94. The summed E-state index contributed by atoms with van der Waals surface area (Å²) in [5.74, 6) is 3.08. The van der Waals surface area contributed by atoms with Crippen LogP contribution in [-0.2, 0) is 4.79 Å². The van der Waals surface area contributed by atoms with Crippen molar-refractivity contribution in [3.63, 3.8) is 0 Å². The lowest BCUT2D eigenvalue weighted by Crippen LogP contribution is -2.42. The fourth-order valence-corrected chi connectivity index (χ4v) is 3.75. The summed E-state index contributed by atoms with van der Waals surface area (Å²) in [7, 11) is 2.25. The van der Waals surface area contributed by atoms with Gasteiger partial charge in [-0.3, -0.25) is 9.69 Å². The van der Waals surface area contributed by atoms with Gasteiger partial charge >= 0.3 is 0 Å². The number of ketones is 1. The van der Waals surface area contributed by atoms with E-state index >= 15 is 0 Å². The summed E-state index contributed by atoms with van der Waals surface area (Å²) in [6, 6.07) is 1.45. The maximum Gasteiger partial charge on any atom is 0.133 e. The minimum atomic E-state index is 0.468. The zero-order chi connectivity index (χ0) is 9.97. The molecule has 80 valence electrons. The molecule has 1 unspecified atom stereocenters.